The van der Waals surface area contributed by atoms with Crippen LogP contribution in [0.15, 0.2) is 58.3 Å². The molecule has 2 aromatic rings. The molecule has 1 saturated carbocycles. The van der Waals surface area contributed by atoms with E-state index in [2.05, 4.69) is 0 Å². The highest BCUT2D eigenvalue weighted by atomic mass is 35.5. The molecule has 22 heavy (non-hydrogen) atoms. The highest BCUT2D eigenvalue weighted by Gasteiger charge is 2.34. The van der Waals surface area contributed by atoms with Gasteiger partial charge in [-0.15, -0.1) is 12.4 Å². The minimum absolute atomic E-state index is 0. The van der Waals surface area contributed by atoms with Crippen molar-refractivity contribution >= 4 is 35.8 Å². The lowest BCUT2D eigenvalue weighted by atomic mass is 9.99. The SMILES string of the molecule is Cl.N[C@H](c1ccccc1Sc1ccc(Cl)cc1)[C@@H](O)C1CC1. The van der Waals surface area contributed by atoms with Crippen LogP contribution in [-0.2, 0) is 0 Å². The molecule has 2 nitrogen and oxygen atoms in total. The predicted molar refractivity (Wildman–Crippen MR) is 94.9 cm³/mol. The molecule has 0 amide bonds. The maximum absolute atomic E-state index is 10.3. The van der Waals surface area contributed by atoms with E-state index in [9.17, 15) is 5.11 Å². The van der Waals surface area contributed by atoms with Crippen LogP contribution < -0.4 is 5.73 Å². The van der Waals surface area contributed by atoms with Crippen molar-refractivity contribution in [3.05, 3.63) is 59.1 Å². The van der Waals surface area contributed by atoms with E-state index in [4.69, 9.17) is 17.3 Å². The Hall–Kier alpha value is -0.710. The third kappa shape index (κ3) is 4.18. The predicted octanol–water partition coefficient (Wildman–Crippen LogP) is 4.68. The number of hydrogen-bond donors (Lipinski definition) is 2. The van der Waals surface area contributed by atoms with E-state index >= 15 is 0 Å². The zero-order valence-electron chi connectivity index (χ0n) is 12.0. The number of aliphatic hydroxyl groups is 1. The summed E-state index contributed by atoms with van der Waals surface area (Å²) in [6, 6.07) is 15.4. The van der Waals surface area contributed by atoms with Crippen LogP contribution in [0.1, 0.15) is 24.4 Å². The molecule has 3 rings (SSSR count). The number of aliphatic hydroxyl groups excluding tert-OH is 1. The summed E-state index contributed by atoms with van der Waals surface area (Å²) in [5, 5.41) is 11.0. The first-order chi connectivity index (χ1) is 10.1. The number of nitrogens with two attached hydrogens (primary N) is 1. The maximum Gasteiger partial charge on any atom is 0.0761 e. The van der Waals surface area contributed by atoms with Crippen LogP contribution in [0.5, 0.6) is 0 Å². The van der Waals surface area contributed by atoms with E-state index in [0.717, 1.165) is 33.2 Å². The molecule has 0 bridgehead atoms. The first-order valence-corrected chi connectivity index (χ1v) is 8.30. The summed E-state index contributed by atoms with van der Waals surface area (Å²) in [6.45, 7) is 0. The monoisotopic (exact) mass is 355 g/mol. The molecule has 0 heterocycles. The van der Waals surface area contributed by atoms with Crippen LogP contribution in [0.25, 0.3) is 0 Å². The molecule has 2 aromatic carbocycles. The molecular formula is C17H19Cl2NOS. The van der Waals surface area contributed by atoms with Gasteiger partial charge in [0.25, 0.3) is 0 Å². The van der Waals surface area contributed by atoms with Gasteiger partial charge in [0.2, 0.25) is 0 Å². The first kappa shape index (κ1) is 17.6. The minimum atomic E-state index is -0.447. The van der Waals surface area contributed by atoms with E-state index < -0.39 is 6.10 Å². The Balaban J connectivity index is 0.00000176. The fourth-order valence-electron chi connectivity index (χ4n) is 2.39. The molecule has 1 fully saturated rings. The smallest absolute Gasteiger partial charge is 0.0761 e. The second kappa shape index (κ2) is 7.71. The summed E-state index contributed by atoms with van der Waals surface area (Å²) >= 11 is 7.57. The maximum atomic E-state index is 10.3. The molecule has 3 N–H and O–H groups in total. The van der Waals surface area contributed by atoms with Gasteiger partial charge in [-0.25, -0.2) is 0 Å². The Morgan fingerprint density at radius 3 is 2.36 bits per heavy atom. The van der Waals surface area contributed by atoms with Gasteiger partial charge in [0.05, 0.1) is 12.1 Å². The molecule has 1 aliphatic rings. The van der Waals surface area contributed by atoms with Crippen molar-refractivity contribution in [3.63, 3.8) is 0 Å². The van der Waals surface area contributed by atoms with Crippen LogP contribution >= 0.6 is 35.8 Å². The van der Waals surface area contributed by atoms with Gasteiger partial charge in [0, 0.05) is 14.8 Å². The zero-order chi connectivity index (χ0) is 14.8. The molecule has 0 radical (unpaired) electrons. The summed E-state index contributed by atoms with van der Waals surface area (Å²) in [4.78, 5) is 2.20. The van der Waals surface area contributed by atoms with Crippen LogP contribution in [-0.4, -0.2) is 11.2 Å². The summed E-state index contributed by atoms with van der Waals surface area (Å²) in [6.07, 6.45) is 1.72. The average Bonchev–Trinajstić information content (AvgIpc) is 3.33. The van der Waals surface area contributed by atoms with Gasteiger partial charge >= 0.3 is 0 Å². The van der Waals surface area contributed by atoms with E-state index in [1.165, 1.54) is 0 Å². The van der Waals surface area contributed by atoms with E-state index in [-0.39, 0.29) is 18.4 Å². The van der Waals surface area contributed by atoms with Gasteiger partial charge in [-0.3, -0.25) is 0 Å². The van der Waals surface area contributed by atoms with Crippen molar-refractivity contribution in [2.24, 2.45) is 11.7 Å². The molecule has 0 unspecified atom stereocenters. The topological polar surface area (TPSA) is 46.2 Å². The Kier molecular flexibility index (Phi) is 6.18. The van der Waals surface area contributed by atoms with E-state index in [1.54, 1.807) is 11.8 Å². The number of hydrogen-bond acceptors (Lipinski definition) is 3. The van der Waals surface area contributed by atoms with Crippen LogP contribution in [0.3, 0.4) is 0 Å². The highest BCUT2D eigenvalue weighted by Crippen LogP contribution is 2.40. The van der Waals surface area contributed by atoms with Crippen LogP contribution in [0, 0.1) is 5.92 Å². The van der Waals surface area contributed by atoms with Crippen LogP contribution in [0.2, 0.25) is 5.02 Å². The summed E-state index contributed by atoms with van der Waals surface area (Å²) in [7, 11) is 0. The number of halogens is 2. The summed E-state index contributed by atoms with van der Waals surface area (Å²) in [5.74, 6) is 0.369. The average molecular weight is 356 g/mol. The second-order valence-corrected chi connectivity index (χ2v) is 7.00. The standard InChI is InChI=1S/C17H18ClNOS.ClH/c18-12-7-9-13(10-8-12)21-15-4-2-1-3-14(15)16(19)17(20)11-5-6-11;/h1-4,7-11,16-17,20H,5-6,19H2;1H/t16-,17+;/m1./s1. The third-order valence-electron chi connectivity index (χ3n) is 3.79. The van der Waals surface area contributed by atoms with Crippen molar-refractivity contribution in [2.75, 3.05) is 0 Å². The second-order valence-electron chi connectivity index (χ2n) is 5.45. The summed E-state index contributed by atoms with van der Waals surface area (Å²) < 4.78 is 0. The molecule has 0 spiro atoms. The van der Waals surface area contributed by atoms with Gasteiger partial charge in [-0.2, -0.15) is 0 Å². The largest absolute Gasteiger partial charge is 0.391 e. The Morgan fingerprint density at radius 2 is 1.73 bits per heavy atom. The fraction of sp³-hybridized carbons (Fsp3) is 0.294. The lowest BCUT2D eigenvalue weighted by molar-refractivity contribution is 0.121. The lowest BCUT2D eigenvalue weighted by Gasteiger charge is -2.21. The van der Waals surface area contributed by atoms with E-state index in [1.807, 2.05) is 48.5 Å². The Bertz CT molecular complexity index is 616. The van der Waals surface area contributed by atoms with Crippen molar-refractivity contribution in [1.29, 1.82) is 0 Å². The number of benzene rings is 2. The van der Waals surface area contributed by atoms with E-state index in [0.29, 0.717) is 5.92 Å². The Labute approximate surface area is 146 Å². The van der Waals surface area contributed by atoms with Crippen molar-refractivity contribution in [2.45, 2.75) is 34.8 Å². The fourth-order valence-corrected chi connectivity index (χ4v) is 3.51. The molecule has 2 atom stereocenters. The Morgan fingerprint density at radius 1 is 1.09 bits per heavy atom. The molecule has 0 aromatic heterocycles. The molecule has 5 heteroatoms. The minimum Gasteiger partial charge on any atom is -0.391 e. The molecule has 1 aliphatic carbocycles. The third-order valence-corrected chi connectivity index (χ3v) is 5.14. The summed E-state index contributed by atoms with van der Waals surface area (Å²) in [5.41, 5.74) is 7.28. The lowest BCUT2D eigenvalue weighted by Crippen LogP contribution is -2.28. The highest BCUT2D eigenvalue weighted by molar-refractivity contribution is 7.99. The van der Waals surface area contributed by atoms with Crippen molar-refractivity contribution in [1.82, 2.24) is 0 Å². The normalized spacial score (nSPS) is 16.7. The van der Waals surface area contributed by atoms with Gasteiger partial charge in [0.15, 0.2) is 0 Å². The van der Waals surface area contributed by atoms with Gasteiger partial charge in [-0.05, 0) is 54.7 Å². The van der Waals surface area contributed by atoms with Gasteiger partial charge in [0.1, 0.15) is 0 Å². The quantitative estimate of drug-likeness (QED) is 0.817. The molecule has 0 saturated heterocycles. The van der Waals surface area contributed by atoms with Crippen molar-refractivity contribution in [3.8, 4) is 0 Å². The van der Waals surface area contributed by atoms with Crippen molar-refractivity contribution < 1.29 is 5.11 Å². The van der Waals surface area contributed by atoms with Gasteiger partial charge < -0.3 is 10.8 Å². The zero-order valence-corrected chi connectivity index (χ0v) is 14.4. The molecule has 0 aliphatic heterocycles. The number of rotatable bonds is 5. The molecule has 118 valence electrons. The molecular weight excluding hydrogens is 337 g/mol. The van der Waals surface area contributed by atoms with Gasteiger partial charge in [-0.1, -0.05) is 41.6 Å². The first-order valence-electron chi connectivity index (χ1n) is 7.11. The van der Waals surface area contributed by atoms with Crippen LogP contribution in [0.4, 0.5) is 0 Å².